The predicted octanol–water partition coefficient (Wildman–Crippen LogP) is 4.19. The van der Waals surface area contributed by atoms with Crippen LogP contribution in [-0.4, -0.2) is 17.8 Å². The minimum Gasteiger partial charge on any atom is -0.426 e. The predicted molar refractivity (Wildman–Crippen MR) is 112 cm³/mol. The molecule has 152 valence electrons. The van der Waals surface area contributed by atoms with Crippen LogP contribution in [0.4, 0.5) is 5.69 Å². The largest absolute Gasteiger partial charge is 0.426 e. The highest BCUT2D eigenvalue weighted by atomic mass is 35.5. The van der Waals surface area contributed by atoms with Crippen LogP contribution < -0.4 is 9.64 Å². The van der Waals surface area contributed by atoms with Crippen LogP contribution in [0.1, 0.15) is 18.9 Å². The van der Waals surface area contributed by atoms with Crippen molar-refractivity contribution in [1.29, 1.82) is 0 Å². The molecule has 2 bridgehead atoms. The molecular weight excluding hydrogens is 402 g/mol. The summed E-state index contributed by atoms with van der Waals surface area (Å²) in [4.78, 5) is 39.5. The van der Waals surface area contributed by atoms with Crippen molar-refractivity contribution in [3.8, 4) is 5.75 Å². The number of anilines is 1. The van der Waals surface area contributed by atoms with E-state index in [9.17, 15) is 14.4 Å². The molecule has 2 aliphatic carbocycles. The van der Waals surface area contributed by atoms with Crippen molar-refractivity contribution < 1.29 is 19.1 Å². The van der Waals surface area contributed by atoms with E-state index in [0.29, 0.717) is 16.5 Å². The number of hydrogen-bond acceptors (Lipinski definition) is 4. The van der Waals surface area contributed by atoms with Crippen LogP contribution in [0.3, 0.4) is 0 Å². The fraction of sp³-hybridized carbons (Fsp3) is 0.292. The molecule has 5 rings (SSSR count). The number of rotatable bonds is 4. The number of allylic oxidation sites excluding steroid dienone is 2. The van der Waals surface area contributed by atoms with Gasteiger partial charge >= 0.3 is 5.97 Å². The van der Waals surface area contributed by atoms with Gasteiger partial charge in [0, 0.05) is 5.02 Å². The fourth-order valence-electron chi connectivity index (χ4n) is 5.13. The lowest BCUT2D eigenvalue weighted by atomic mass is 9.82. The first kappa shape index (κ1) is 19.1. The molecule has 1 heterocycles. The van der Waals surface area contributed by atoms with Crippen LogP contribution in [-0.2, 0) is 20.8 Å². The molecule has 2 fully saturated rings. The van der Waals surface area contributed by atoms with E-state index in [1.54, 1.807) is 48.5 Å². The maximum Gasteiger partial charge on any atom is 0.315 e. The molecular formula is C24H20ClNO4. The average molecular weight is 422 g/mol. The third kappa shape index (κ3) is 3.05. The lowest BCUT2D eigenvalue weighted by Crippen LogP contribution is -2.32. The van der Waals surface area contributed by atoms with Crippen molar-refractivity contribution in [2.45, 2.75) is 19.8 Å². The molecule has 2 amide bonds. The van der Waals surface area contributed by atoms with E-state index in [4.69, 9.17) is 16.3 Å². The molecule has 6 heteroatoms. The number of carbonyl (C=O) groups excluding carboxylic acids is 3. The van der Waals surface area contributed by atoms with Crippen molar-refractivity contribution in [1.82, 2.24) is 0 Å². The third-order valence-electron chi connectivity index (χ3n) is 6.47. The van der Waals surface area contributed by atoms with Gasteiger partial charge in [-0.15, -0.1) is 0 Å². The summed E-state index contributed by atoms with van der Waals surface area (Å²) in [5.41, 5.74) is 2.56. The Labute approximate surface area is 179 Å². The van der Waals surface area contributed by atoms with Gasteiger partial charge in [-0.1, -0.05) is 35.4 Å². The number of hydrogen-bond donors (Lipinski definition) is 0. The van der Waals surface area contributed by atoms with Crippen LogP contribution in [0.5, 0.6) is 5.75 Å². The summed E-state index contributed by atoms with van der Waals surface area (Å²) in [6.45, 7) is 2.05. The van der Waals surface area contributed by atoms with Gasteiger partial charge in [0.25, 0.3) is 0 Å². The number of esters is 1. The number of carbonyl (C=O) groups is 3. The van der Waals surface area contributed by atoms with E-state index in [2.05, 4.69) is 13.0 Å². The van der Waals surface area contributed by atoms with Gasteiger partial charge < -0.3 is 4.74 Å². The minimum atomic E-state index is -0.397. The average Bonchev–Trinajstić information content (AvgIpc) is 3.35. The monoisotopic (exact) mass is 421 g/mol. The molecule has 0 N–H and O–H groups in total. The number of ether oxygens (including phenoxy) is 1. The Morgan fingerprint density at radius 3 is 2.40 bits per heavy atom. The Balaban J connectivity index is 1.28. The first-order chi connectivity index (χ1) is 14.4. The zero-order chi connectivity index (χ0) is 21.0. The van der Waals surface area contributed by atoms with Crippen molar-refractivity contribution in [2.75, 3.05) is 4.90 Å². The normalized spacial score (nSPS) is 26.7. The van der Waals surface area contributed by atoms with E-state index in [1.807, 2.05) is 0 Å². The molecule has 2 aromatic carbocycles. The highest BCUT2D eigenvalue weighted by molar-refractivity contribution is 6.30. The molecule has 1 saturated heterocycles. The molecule has 0 radical (unpaired) electrons. The zero-order valence-electron chi connectivity index (χ0n) is 16.4. The minimum absolute atomic E-state index is 0.113. The second-order valence-corrected chi connectivity index (χ2v) is 8.69. The molecule has 3 aliphatic rings. The number of nitrogens with zero attached hydrogens (tertiary/aromatic N) is 1. The number of fused-ring (bicyclic) bond motifs is 5. The van der Waals surface area contributed by atoms with Crippen LogP contribution in [0.25, 0.3) is 0 Å². The molecule has 5 nitrogen and oxygen atoms in total. The van der Waals surface area contributed by atoms with Gasteiger partial charge in [0.05, 0.1) is 23.9 Å². The third-order valence-corrected chi connectivity index (χ3v) is 6.72. The lowest BCUT2D eigenvalue weighted by Gasteiger charge is -2.19. The van der Waals surface area contributed by atoms with E-state index >= 15 is 0 Å². The summed E-state index contributed by atoms with van der Waals surface area (Å²) in [7, 11) is 0. The molecule has 1 aliphatic heterocycles. The molecule has 30 heavy (non-hydrogen) atoms. The highest BCUT2D eigenvalue weighted by Gasteiger charge is 2.60. The van der Waals surface area contributed by atoms with Crippen molar-refractivity contribution in [2.24, 2.45) is 23.7 Å². The fourth-order valence-corrected chi connectivity index (χ4v) is 5.25. The second kappa shape index (κ2) is 7.10. The van der Waals surface area contributed by atoms with Gasteiger partial charge in [-0.25, -0.2) is 0 Å². The summed E-state index contributed by atoms with van der Waals surface area (Å²) in [5, 5.41) is 0.608. The zero-order valence-corrected chi connectivity index (χ0v) is 17.1. The Morgan fingerprint density at radius 2 is 1.70 bits per heavy atom. The Morgan fingerprint density at radius 1 is 1.03 bits per heavy atom. The van der Waals surface area contributed by atoms with E-state index in [0.717, 1.165) is 12.0 Å². The first-order valence-electron chi connectivity index (χ1n) is 10.0. The van der Waals surface area contributed by atoms with Crippen molar-refractivity contribution >= 4 is 35.1 Å². The van der Waals surface area contributed by atoms with Crippen molar-refractivity contribution in [3.63, 3.8) is 0 Å². The standard InChI is InChI=1S/C24H20ClNO4/c1-13-10-15-12-19(13)22-21(15)23(28)26(24(22)29)17-6-8-18(9-7-17)30-20(27)11-14-2-4-16(25)5-3-14/h2-10,15,19,21-22H,11-12H2,1H3. The van der Waals surface area contributed by atoms with Gasteiger partial charge in [0.15, 0.2) is 0 Å². The summed E-state index contributed by atoms with van der Waals surface area (Å²) in [5.74, 6) is -0.358. The quantitative estimate of drug-likeness (QED) is 0.321. The number of amides is 2. The molecule has 1 saturated carbocycles. The Kier molecular flexibility index (Phi) is 4.51. The summed E-state index contributed by atoms with van der Waals surface area (Å²) < 4.78 is 5.38. The van der Waals surface area contributed by atoms with Gasteiger partial charge in [-0.05, 0) is 67.1 Å². The van der Waals surface area contributed by atoms with Crippen molar-refractivity contribution in [3.05, 3.63) is 70.8 Å². The number of imide groups is 1. The summed E-state index contributed by atoms with van der Waals surface area (Å²) in [6, 6.07) is 13.5. The van der Waals surface area contributed by atoms with Gasteiger partial charge in [-0.3, -0.25) is 19.3 Å². The molecule has 4 atom stereocenters. The lowest BCUT2D eigenvalue weighted by molar-refractivity contribution is -0.133. The summed E-state index contributed by atoms with van der Waals surface area (Å²) >= 11 is 5.85. The van der Waals surface area contributed by atoms with Crippen LogP contribution in [0.2, 0.25) is 5.02 Å². The molecule has 4 unspecified atom stereocenters. The van der Waals surface area contributed by atoms with Gasteiger partial charge in [0.1, 0.15) is 5.75 Å². The maximum absolute atomic E-state index is 13.0. The smallest absolute Gasteiger partial charge is 0.315 e. The van der Waals surface area contributed by atoms with Gasteiger partial charge in [0.2, 0.25) is 11.8 Å². The number of benzene rings is 2. The summed E-state index contributed by atoms with van der Waals surface area (Å²) in [6.07, 6.45) is 3.19. The Bertz CT molecular complexity index is 1070. The highest BCUT2D eigenvalue weighted by Crippen LogP contribution is 2.55. The van der Waals surface area contributed by atoms with Crippen LogP contribution in [0, 0.1) is 23.7 Å². The SMILES string of the molecule is CC1=CC2CC1C1C(=O)N(c3ccc(OC(=O)Cc4ccc(Cl)cc4)cc3)C(=O)C21. The van der Waals surface area contributed by atoms with E-state index in [-0.39, 0.29) is 41.9 Å². The molecule has 2 aromatic rings. The maximum atomic E-state index is 13.0. The van der Waals surface area contributed by atoms with Crippen LogP contribution >= 0.6 is 11.6 Å². The first-order valence-corrected chi connectivity index (χ1v) is 10.4. The van der Waals surface area contributed by atoms with Gasteiger partial charge in [-0.2, -0.15) is 0 Å². The number of halogens is 1. The molecule has 0 spiro atoms. The second-order valence-electron chi connectivity index (χ2n) is 8.25. The van der Waals surface area contributed by atoms with Crippen LogP contribution in [0.15, 0.2) is 60.2 Å². The molecule has 0 aromatic heterocycles. The topological polar surface area (TPSA) is 63.7 Å². The Hall–Kier alpha value is -2.92. The van der Waals surface area contributed by atoms with E-state index < -0.39 is 5.97 Å². The van der Waals surface area contributed by atoms with E-state index in [1.165, 1.54) is 10.5 Å².